The molecule has 0 radical (unpaired) electrons. The summed E-state index contributed by atoms with van der Waals surface area (Å²) in [6.07, 6.45) is 0.300. The zero-order valence-electron chi connectivity index (χ0n) is 13.7. The molecular formula is C16H17N3O3S3. The number of carbonyl (C=O) groups excluding carboxylic acids is 1. The monoisotopic (exact) mass is 395 g/mol. The lowest BCUT2D eigenvalue weighted by Gasteiger charge is -2.14. The molecule has 1 aromatic carbocycles. The summed E-state index contributed by atoms with van der Waals surface area (Å²) in [7, 11) is -1.96. The maximum absolute atomic E-state index is 12.4. The number of thiazole rings is 1. The summed E-state index contributed by atoms with van der Waals surface area (Å²) < 4.78 is 26.8. The van der Waals surface area contributed by atoms with Gasteiger partial charge in [0.25, 0.3) is 0 Å². The van der Waals surface area contributed by atoms with Gasteiger partial charge in [-0.3, -0.25) is 4.79 Å². The number of sulfonamides is 1. The second-order valence-corrected chi connectivity index (χ2v) is 9.48. The van der Waals surface area contributed by atoms with Crippen LogP contribution in [0.5, 0.6) is 0 Å². The molecule has 1 amide bonds. The number of fused-ring (bicyclic) bond motifs is 1. The van der Waals surface area contributed by atoms with Crippen molar-refractivity contribution in [2.24, 2.45) is 0 Å². The molecule has 3 rings (SSSR count). The lowest BCUT2D eigenvalue weighted by molar-refractivity contribution is -0.115. The van der Waals surface area contributed by atoms with Gasteiger partial charge < -0.3 is 5.32 Å². The highest BCUT2D eigenvalue weighted by Crippen LogP contribution is 2.29. The summed E-state index contributed by atoms with van der Waals surface area (Å²) >= 11 is 2.79. The van der Waals surface area contributed by atoms with E-state index in [1.807, 2.05) is 17.5 Å². The smallest absolute Gasteiger partial charge is 0.242 e. The molecule has 2 aromatic heterocycles. The Morgan fingerprint density at radius 3 is 2.80 bits per heavy atom. The van der Waals surface area contributed by atoms with E-state index in [0.29, 0.717) is 23.6 Å². The second kappa shape index (κ2) is 7.20. The summed E-state index contributed by atoms with van der Waals surface area (Å²) in [6, 6.07) is 8.62. The normalized spacial score (nSPS) is 12.0. The van der Waals surface area contributed by atoms with E-state index in [4.69, 9.17) is 0 Å². The number of hydrogen-bond acceptors (Lipinski definition) is 6. The largest absolute Gasteiger partial charge is 0.302 e. The van der Waals surface area contributed by atoms with Gasteiger partial charge in [-0.05, 0) is 29.6 Å². The third-order valence-corrected chi connectivity index (χ3v) is 7.41. The fourth-order valence-electron chi connectivity index (χ4n) is 2.20. The van der Waals surface area contributed by atoms with Gasteiger partial charge in [-0.1, -0.05) is 24.3 Å². The maximum Gasteiger partial charge on any atom is 0.242 e. The van der Waals surface area contributed by atoms with E-state index in [2.05, 4.69) is 10.3 Å². The van der Waals surface area contributed by atoms with Gasteiger partial charge in [0.1, 0.15) is 0 Å². The van der Waals surface area contributed by atoms with Gasteiger partial charge in [-0.2, -0.15) is 0 Å². The van der Waals surface area contributed by atoms with E-state index in [1.165, 1.54) is 27.0 Å². The summed E-state index contributed by atoms with van der Waals surface area (Å²) in [5, 5.41) is 5.17. The number of benzene rings is 1. The van der Waals surface area contributed by atoms with Crippen LogP contribution in [-0.2, 0) is 21.2 Å². The molecule has 132 valence electrons. The molecule has 3 aromatic rings. The van der Waals surface area contributed by atoms with Crippen LogP contribution >= 0.6 is 22.7 Å². The molecule has 1 N–H and O–H groups in total. The van der Waals surface area contributed by atoms with Crippen LogP contribution in [0, 0.1) is 0 Å². The molecule has 0 spiro atoms. The third-order valence-electron chi connectivity index (χ3n) is 3.67. The van der Waals surface area contributed by atoms with Crippen molar-refractivity contribution < 1.29 is 13.2 Å². The van der Waals surface area contributed by atoms with Crippen molar-refractivity contribution in [3.8, 4) is 0 Å². The molecule has 0 saturated heterocycles. The summed E-state index contributed by atoms with van der Waals surface area (Å²) in [6.45, 7) is 2.18. The summed E-state index contributed by atoms with van der Waals surface area (Å²) in [4.78, 5) is 17.6. The highest BCUT2D eigenvalue weighted by atomic mass is 32.2. The number of rotatable bonds is 6. The van der Waals surface area contributed by atoms with Gasteiger partial charge in [-0.25, -0.2) is 17.7 Å². The number of hydrogen-bond donors (Lipinski definition) is 1. The van der Waals surface area contributed by atoms with Crippen molar-refractivity contribution >= 4 is 54.0 Å². The fraction of sp³-hybridized carbons (Fsp3) is 0.250. The Bertz CT molecular complexity index is 994. The highest BCUT2D eigenvalue weighted by molar-refractivity contribution is 7.89. The minimum Gasteiger partial charge on any atom is -0.302 e. The molecule has 25 heavy (non-hydrogen) atoms. The standard InChI is InChI=1S/C16H17N3O3S3/c1-3-19(2)25(21,22)12-6-7-13-14(10-12)24-16(17-13)18-15(20)9-11-5-4-8-23-11/h4-8,10H,3,9H2,1-2H3,(H,17,18,20). The molecule has 2 heterocycles. The van der Waals surface area contributed by atoms with E-state index < -0.39 is 10.0 Å². The zero-order chi connectivity index (χ0) is 18.0. The molecule has 0 atom stereocenters. The molecule has 9 heteroatoms. The van der Waals surface area contributed by atoms with Gasteiger partial charge in [0.05, 0.1) is 21.5 Å². The first kappa shape index (κ1) is 18.0. The summed E-state index contributed by atoms with van der Waals surface area (Å²) in [5.41, 5.74) is 0.662. The molecule has 0 saturated carbocycles. The fourth-order valence-corrected chi connectivity index (χ4v) is 5.11. The molecular weight excluding hydrogens is 378 g/mol. The Kier molecular flexibility index (Phi) is 5.19. The Balaban J connectivity index is 1.82. The van der Waals surface area contributed by atoms with Crippen molar-refractivity contribution in [2.75, 3.05) is 18.9 Å². The molecule has 0 aliphatic rings. The van der Waals surface area contributed by atoms with E-state index in [1.54, 1.807) is 32.2 Å². The Morgan fingerprint density at radius 1 is 1.32 bits per heavy atom. The van der Waals surface area contributed by atoms with Crippen LogP contribution in [0.25, 0.3) is 10.2 Å². The van der Waals surface area contributed by atoms with Crippen molar-refractivity contribution in [1.82, 2.24) is 9.29 Å². The first-order valence-corrected chi connectivity index (χ1v) is 10.7. The Hall–Kier alpha value is -1.81. The average Bonchev–Trinajstić information content (AvgIpc) is 3.21. The number of aromatic nitrogens is 1. The predicted molar refractivity (Wildman–Crippen MR) is 102 cm³/mol. The van der Waals surface area contributed by atoms with Crippen LogP contribution in [-0.4, -0.2) is 37.2 Å². The molecule has 0 fully saturated rings. The minimum absolute atomic E-state index is 0.139. The predicted octanol–water partition coefficient (Wildman–Crippen LogP) is 3.18. The lowest BCUT2D eigenvalue weighted by Crippen LogP contribution is -2.26. The van der Waals surface area contributed by atoms with E-state index >= 15 is 0 Å². The van der Waals surface area contributed by atoms with Crippen LogP contribution in [0.4, 0.5) is 5.13 Å². The maximum atomic E-state index is 12.4. The molecule has 0 aliphatic carbocycles. The summed E-state index contributed by atoms with van der Waals surface area (Å²) in [5.74, 6) is -0.139. The van der Waals surface area contributed by atoms with E-state index in [0.717, 1.165) is 9.58 Å². The highest BCUT2D eigenvalue weighted by Gasteiger charge is 2.20. The van der Waals surface area contributed by atoms with Crippen molar-refractivity contribution in [3.05, 3.63) is 40.6 Å². The van der Waals surface area contributed by atoms with Gasteiger partial charge >= 0.3 is 0 Å². The number of nitrogens with one attached hydrogen (secondary N) is 1. The van der Waals surface area contributed by atoms with Crippen LogP contribution in [0.15, 0.2) is 40.6 Å². The van der Waals surface area contributed by atoms with Crippen LogP contribution < -0.4 is 5.32 Å². The number of thiophene rings is 1. The molecule has 0 unspecified atom stereocenters. The number of anilines is 1. The Labute approximate surface area is 154 Å². The zero-order valence-corrected chi connectivity index (χ0v) is 16.2. The number of carbonyl (C=O) groups is 1. The minimum atomic E-state index is -3.50. The number of nitrogens with zero attached hydrogens (tertiary/aromatic N) is 2. The van der Waals surface area contributed by atoms with E-state index in [9.17, 15) is 13.2 Å². The molecule has 0 bridgehead atoms. The molecule has 6 nitrogen and oxygen atoms in total. The van der Waals surface area contributed by atoms with Crippen molar-refractivity contribution in [3.63, 3.8) is 0 Å². The van der Waals surface area contributed by atoms with Gasteiger partial charge in [0, 0.05) is 18.5 Å². The number of amides is 1. The van der Waals surface area contributed by atoms with Crippen molar-refractivity contribution in [1.29, 1.82) is 0 Å². The average molecular weight is 396 g/mol. The van der Waals surface area contributed by atoms with Gasteiger partial charge in [0.2, 0.25) is 15.9 Å². The van der Waals surface area contributed by atoms with Gasteiger partial charge in [-0.15, -0.1) is 11.3 Å². The van der Waals surface area contributed by atoms with E-state index in [-0.39, 0.29) is 10.8 Å². The van der Waals surface area contributed by atoms with Gasteiger partial charge in [0.15, 0.2) is 5.13 Å². The SMILES string of the molecule is CCN(C)S(=O)(=O)c1ccc2nc(NC(=O)Cc3cccs3)sc2c1. The van der Waals surface area contributed by atoms with Crippen LogP contribution in [0.2, 0.25) is 0 Å². The lowest BCUT2D eigenvalue weighted by atomic mass is 10.3. The first-order valence-electron chi connectivity index (χ1n) is 7.59. The van der Waals surface area contributed by atoms with Crippen LogP contribution in [0.1, 0.15) is 11.8 Å². The first-order chi connectivity index (χ1) is 11.9. The van der Waals surface area contributed by atoms with Crippen molar-refractivity contribution in [2.45, 2.75) is 18.2 Å². The third kappa shape index (κ3) is 3.90. The Morgan fingerprint density at radius 2 is 2.12 bits per heavy atom. The quantitative estimate of drug-likeness (QED) is 0.695. The molecule has 0 aliphatic heterocycles. The topological polar surface area (TPSA) is 79.4 Å². The second-order valence-electron chi connectivity index (χ2n) is 5.37. The van der Waals surface area contributed by atoms with Crippen LogP contribution in [0.3, 0.4) is 0 Å².